The van der Waals surface area contributed by atoms with Crippen LogP contribution in [0.3, 0.4) is 0 Å². The Morgan fingerprint density at radius 1 is 1.09 bits per heavy atom. The lowest BCUT2D eigenvalue weighted by Crippen LogP contribution is -2.58. The Kier molecular flexibility index (Phi) is 4.24. The van der Waals surface area contributed by atoms with E-state index >= 15 is 0 Å². The van der Waals surface area contributed by atoms with Crippen LogP contribution >= 0.6 is 0 Å². The third-order valence-corrected chi connectivity index (χ3v) is 6.66. The summed E-state index contributed by atoms with van der Waals surface area (Å²) in [6, 6.07) is 20.4. The first kappa shape index (κ1) is 20.1. The predicted octanol–water partition coefficient (Wildman–Crippen LogP) is 4.02. The van der Waals surface area contributed by atoms with Gasteiger partial charge in [0, 0.05) is 11.6 Å². The van der Waals surface area contributed by atoms with Gasteiger partial charge in [0.2, 0.25) is 0 Å². The van der Waals surface area contributed by atoms with E-state index in [0.29, 0.717) is 12.8 Å². The monoisotopic (exact) mass is 438 g/mol. The Morgan fingerprint density at radius 2 is 1.82 bits per heavy atom. The lowest BCUT2D eigenvalue weighted by atomic mass is 9.63. The second-order valence-corrected chi connectivity index (χ2v) is 9.62. The van der Waals surface area contributed by atoms with Crippen LogP contribution in [0.2, 0.25) is 0 Å². The largest absolute Gasteiger partial charge is 0.390 e. The topological polar surface area (TPSA) is 101 Å². The summed E-state index contributed by atoms with van der Waals surface area (Å²) in [4.78, 5) is 9.65. The molecule has 4 N–H and O–H groups in total. The van der Waals surface area contributed by atoms with Crippen LogP contribution in [0.1, 0.15) is 48.2 Å². The summed E-state index contributed by atoms with van der Waals surface area (Å²) in [5, 5.41) is 18.4. The van der Waals surface area contributed by atoms with Gasteiger partial charge in [-0.1, -0.05) is 54.6 Å². The van der Waals surface area contributed by atoms with E-state index in [9.17, 15) is 5.11 Å². The van der Waals surface area contributed by atoms with Crippen LogP contribution in [0.5, 0.6) is 0 Å². The molecular weight excluding hydrogens is 412 g/mol. The van der Waals surface area contributed by atoms with E-state index in [-0.39, 0.29) is 6.04 Å². The molecule has 7 nitrogen and oxygen atoms in total. The quantitative estimate of drug-likeness (QED) is 0.448. The number of aliphatic imine (C=N–C) groups is 1. The predicted molar refractivity (Wildman–Crippen MR) is 129 cm³/mol. The molecule has 0 amide bonds. The molecule has 166 valence electrons. The van der Waals surface area contributed by atoms with Crippen molar-refractivity contribution < 1.29 is 5.11 Å². The number of aromatic nitrogens is 3. The maximum absolute atomic E-state index is 10.2. The summed E-state index contributed by atoms with van der Waals surface area (Å²) < 4.78 is 1.79. The van der Waals surface area contributed by atoms with Gasteiger partial charge in [-0.3, -0.25) is 0 Å². The summed E-state index contributed by atoms with van der Waals surface area (Å²) in [7, 11) is 0. The third-order valence-electron chi connectivity index (χ3n) is 6.66. The summed E-state index contributed by atoms with van der Waals surface area (Å²) in [5.74, 6) is 0.740. The summed E-state index contributed by atoms with van der Waals surface area (Å²) in [5.41, 5.74) is 12.0. The van der Waals surface area contributed by atoms with Crippen LogP contribution in [0.4, 0.5) is 11.5 Å². The van der Waals surface area contributed by atoms with Crippen LogP contribution in [-0.2, 0) is 5.54 Å². The normalized spacial score (nSPS) is 26.3. The molecule has 6 rings (SSSR count). The molecule has 7 heteroatoms. The molecule has 2 aromatic heterocycles. The molecule has 1 aliphatic carbocycles. The minimum absolute atomic E-state index is 0.128. The molecule has 33 heavy (non-hydrogen) atoms. The summed E-state index contributed by atoms with van der Waals surface area (Å²) in [6.07, 6.45) is 2.95. The molecule has 1 atom stereocenters. The smallest absolute Gasteiger partial charge is 0.181 e. The highest BCUT2D eigenvalue weighted by Crippen LogP contribution is 2.46. The van der Waals surface area contributed by atoms with Crippen molar-refractivity contribution in [3.05, 3.63) is 89.2 Å². The fraction of sp³-hybridized carbons (Fsp3) is 0.269. The van der Waals surface area contributed by atoms with E-state index < -0.39 is 11.1 Å². The van der Waals surface area contributed by atoms with Crippen LogP contribution in [0.25, 0.3) is 5.65 Å². The minimum atomic E-state index is -0.686. The number of nitrogens with two attached hydrogens (primary N) is 1. The zero-order chi connectivity index (χ0) is 22.8. The van der Waals surface area contributed by atoms with Gasteiger partial charge in [-0.05, 0) is 43.4 Å². The second kappa shape index (κ2) is 6.97. The van der Waals surface area contributed by atoms with E-state index in [1.807, 2.05) is 44.3 Å². The van der Waals surface area contributed by atoms with Crippen molar-refractivity contribution >= 4 is 22.9 Å². The molecule has 3 heterocycles. The van der Waals surface area contributed by atoms with Crippen LogP contribution in [-0.4, -0.2) is 31.0 Å². The Hall–Kier alpha value is -3.55. The number of anilines is 1. The first-order valence-corrected chi connectivity index (χ1v) is 11.2. The van der Waals surface area contributed by atoms with Gasteiger partial charge in [-0.15, -0.1) is 0 Å². The van der Waals surface area contributed by atoms with Crippen molar-refractivity contribution in [3.8, 4) is 0 Å². The Morgan fingerprint density at radius 3 is 2.52 bits per heavy atom. The van der Waals surface area contributed by atoms with Crippen molar-refractivity contribution in [2.24, 2.45) is 10.7 Å². The van der Waals surface area contributed by atoms with E-state index in [1.54, 1.807) is 4.52 Å². The van der Waals surface area contributed by atoms with E-state index in [1.165, 1.54) is 0 Å². The Balaban J connectivity index is 1.46. The number of fused-ring (bicyclic) bond motifs is 3. The average molecular weight is 439 g/mol. The molecule has 0 radical (unpaired) electrons. The first-order chi connectivity index (χ1) is 15.8. The van der Waals surface area contributed by atoms with Crippen LogP contribution in [0, 0.1) is 6.92 Å². The first-order valence-electron chi connectivity index (χ1n) is 11.2. The van der Waals surface area contributed by atoms with E-state index in [4.69, 9.17) is 10.7 Å². The molecule has 2 aliphatic rings. The molecular formula is C26H26N6O. The van der Waals surface area contributed by atoms with Crippen molar-refractivity contribution in [3.63, 3.8) is 0 Å². The fourth-order valence-corrected chi connectivity index (χ4v) is 5.25. The number of hydrogen-bond acceptors (Lipinski definition) is 6. The maximum atomic E-state index is 10.2. The number of nitrogens with zero attached hydrogens (tertiary/aromatic N) is 4. The highest BCUT2D eigenvalue weighted by molar-refractivity contribution is 6.09. The van der Waals surface area contributed by atoms with Gasteiger partial charge in [0.25, 0.3) is 0 Å². The molecule has 2 aromatic carbocycles. The van der Waals surface area contributed by atoms with Gasteiger partial charge in [-0.25, -0.2) is 9.98 Å². The van der Waals surface area contributed by atoms with Gasteiger partial charge < -0.3 is 16.2 Å². The highest BCUT2D eigenvalue weighted by atomic mass is 16.3. The molecule has 0 spiro atoms. The van der Waals surface area contributed by atoms with Gasteiger partial charge in [0.15, 0.2) is 11.5 Å². The van der Waals surface area contributed by atoms with Crippen molar-refractivity contribution in [2.75, 3.05) is 5.32 Å². The van der Waals surface area contributed by atoms with E-state index in [2.05, 4.69) is 51.8 Å². The fourth-order valence-electron chi connectivity index (χ4n) is 5.25. The Bertz CT molecular complexity index is 1380. The van der Waals surface area contributed by atoms with E-state index in [0.717, 1.165) is 45.2 Å². The molecule has 0 bridgehead atoms. The van der Waals surface area contributed by atoms with Crippen molar-refractivity contribution in [1.82, 2.24) is 14.6 Å². The average Bonchev–Trinajstić information content (AvgIpc) is 3.18. The second-order valence-electron chi connectivity index (χ2n) is 9.62. The van der Waals surface area contributed by atoms with Gasteiger partial charge in [-0.2, -0.15) is 9.61 Å². The van der Waals surface area contributed by atoms with Crippen molar-refractivity contribution in [1.29, 1.82) is 0 Å². The molecule has 1 aliphatic heterocycles. The van der Waals surface area contributed by atoms with Crippen LogP contribution < -0.4 is 11.1 Å². The standard InChI is InChI=1S/C26H26N6O/c1-16-12-21-28-13-20-24(32(21)31-16)30-23(22(29-20)17-6-4-3-5-7-17)18-8-10-19(11-9-18)26(27)14-25(2,33)15-26/h3-13,22,29,33H,14-15,27H2,1-2H3. The molecule has 1 unspecified atom stereocenters. The number of benzene rings is 2. The van der Waals surface area contributed by atoms with Crippen molar-refractivity contribution in [2.45, 2.75) is 43.9 Å². The van der Waals surface area contributed by atoms with Gasteiger partial charge in [0.1, 0.15) is 0 Å². The zero-order valence-electron chi connectivity index (χ0n) is 18.7. The lowest BCUT2D eigenvalue weighted by Gasteiger charge is -2.49. The maximum Gasteiger partial charge on any atom is 0.181 e. The lowest BCUT2D eigenvalue weighted by molar-refractivity contribution is -0.0738. The number of nitrogens with one attached hydrogen (secondary N) is 1. The number of rotatable bonds is 3. The zero-order valence-corrected chi connectivity index (χ0v) is 18.7. The summed E-state index contributed by atoms with van der Waals surface area (Å²) in [6.45, 7) is 3.79. The third kappa shape index (κ3) is 3.32. The molecule has 1 saturated carbocycles. The number of aryl methyl sites for hydroxylation is 1. The van der Waals surface area contributed by atoms with Crippen LogP contribution in [0.15, 0.2) is 71.9 Å². The number of hydrogen-bond donors (Lipinski definition) is 3. The summed E-state index contributed by atoms with van der Waals surface area (Å²) >= 11 is 0. The molecule has 4 aromatic rings. The highest BCUT2D eigenvalue weighted by Gasteiger charge is 2.49. The number of aliphatic hydroxyl groups is 1. The molecule has 0 saturated heterocycles. The Labute approximate surface area is 192 Å². The SMILES string of the molecule is Cc1cc2ncc3c(n2n1)N=C(c1ccc(C2(N)CC(C)(O)C2)cc1)C(c1ccccc1)N3. The minimum Gasteiger partial charge on any atom is -0.390 e. The van der Waals surface area contributed by atoms with Gasteiger partial charge in [0.05, 0.1) is 34.9 Å². The van der Waals surface area contributed by atoms with Gasteiger partial charge >= 0.3 is 0 Å². The molecule has 1 fully saturated rings.